The number of anilines is 15. The largest absolute Gasteiger partial charge is 0.508 e. The van der Waals surface area contributed by atoms with Crippen LogP contribution in [0.5, 0.6) is 46.0 Å². The number of rotatable bonds is 26. The second-order valence-electron chi connectivity index (χ2n) is 28.9. The Morgan fingerprint density at radius 2 is 0.302 bits per heavy atom. The van der Waals surface area contributed by atoms with Crippen molar-refractivity contribution in [1.82, 2.24) is 74.8 Å². The van der Waals surface area contributed by atoms with E-state index in [1.807, 2.05) is 179 Å². The molecule has 0 fully saturated rings. The summed E-state index contributed by atoms with van der Waals surface area (Å²) in [6.45, 7) is 22.2. The highest BCUT2D eigenvalue weighted by molar-refractivity contribution is 5.49. The Bertz CT molecular complexity index is 4360. The summed E-state index contributed by atoms with van der Waals surface area (Å²) in [7, 11) is 25.8. The zero-order valence-electron chi connectivity index (χ0n) is 84.1. The molecule has 0 saturated carbocycles. The maximum atomic E-state index is 9.16. The highest BCUT2D eigenvalue weighted by Crippen LogP contribution is 2.22. The van der Waals surface area contributed by atoms with E-state index in [0.29, 0.717) is 111 Å². The molecule has 42 heteroatoms. The fraction of sp³-hybridized carbons (Fsp3) is 0.351. The van der Waals surface area contributed by atoms with Crippen molar-refractivity contribution in [3.05, 3.63) is 243 Å². The van der Waals surface area contributed by atoms with E-state index in [4.69, 9.17) is 67.0 Å². The van der Waals surface area contributed by atoms with Gasteiger partial charge in [0.1, 0.15) is 72.9 Å². The molecular weight excluding hydrogens is 1780 g/mol. The Morgan fingerprint density at radius 1 is 0.187 bits per heavy atom. The highest BCUT2D eigenvalue weighted by atomic mass is 16.3. The van der Waals surface area contributed by atoms with E-state index in [1.54, 1.807) is 241 Å². The molecule has 139 heavy (non-hydrogen) atoms. The maximum Gasteiger partial charge on any atom is 0.233 e. The number of aromatic hydroxyl groups is 8. The van der Waals surface area contributed by atoms with Gasteiger partial charge in [-0.05, 0) is 152 Å². The summed E-state index contributed by atoms with van der Waals surface area (Å²) in [6.07, 6.45) is 0. The van der Waals surface area contributed by atoms with Crippen molar-refractivity contribution in [3.63, 3.8) is 0 Å². The fourth-order valence-corrected chi connectivity index (χ4v) is 8.84. The van der Waals surface area contributed by atoms with Crippen LogP contribution >= 0.6 is 0 Å². The molecule has 0 unspecified atom stereocenters. The van der Waals surface area contributed by atoms with Crippen LogP contribution in [-0.2, 0) is 0 Å². The van der Waals surface area contributed by atoms with Crippen LogP contribution in [-0.4, -0.2) is 314 Å². The lowest BCUT2D eigenvalue weighted by molar-refractivity contribution is 0.294. The third kappa shape index (κ3) is 51.9. The highest BCUT2D eigenvalue weighted by Gasteiger charge is 2.19. The number of aliphatic hydroxyl groups is 4. The standard InChI is InChI=1S/C12H24N6.C11H22N6O.C10H20N6O2.C8H16N6O.C8H16N6.8C6H6O/c1-7-16(4)10-13-11(17(5)8-2)15-12(14-10)18(6)9-3;1-6-15(3)9-12-10(16(4)7-2)14-11(13-9)17(5)8-18;1-5-14(2)8-11-9(15(3)6-17)13-10(12-8)16(4)7-18;1-4-13(2)7-10-6(9)11-8(12-7)14(3)5-15;1-5-14(4)8-12-6(9-2)11-7(10-3)13-8;8*7-6-4-2-1-3-5-6/h7-9H2,1-6H3;18H,6-8H2,1-5H3;17-18H,5-7H2,1-4H3;15H,4-5H2,1-3H3,(H2,9,10,11,12);5H2,1-4H3,(H2,9,10,11,12,13);8*1-5,7H. The number of hydrogen-bond donors (Lipinski definition) is 15. The molecule has 0 amide bonds. The molecule has 5 aromatic heterocycles. The van der Waals surface area contributed by atoms with Crippen LogP contribution in [0.25, 0.3) is 0 Å². The number of para-hydroxylation sites is 8. The Morgan fingerprint density at radius 3 is 0.410 bits per heavy atom. The predicted molar refractivity (Wildman–Crippen MR) is 561 cm³/mol. The Labute approximate surface area is 818 Å². The summed E-state index contributed by atoms with van der Waals surface area (Å²) in [4.78, 5) is 85.5. The lowest BCUT2D eigenvalue weighted by atomic mass is 10.3. The quantitative estimate of drug-likeness (QED) is 0.0224. The van der Waals surface area contributed by atoms with Gasteiger partial charge >= 0.3 is 0 Å². The monoisotopic (exact) mass is 1920 g/mol. The first kappa shape index (κ1) is 121. The number of phenolic OH excluding ortho intramolecular Hbond substituents is 8. The van der Waals surface area contributed by atoms with Gasteiger partial charge in [-0.1, -0.05) is 146 Å². The molecule has 0 spiro atoms. The average molecular weight is 1920 g/mol. The Hall–Kier alpha value is -16.0. The summed E-state index contributed by atoms with van der Waals surface area (Å²) < 4.78 is 0. The van der Waals surface area contributed by atoms with Gasteiger partial charge in [0.2, 0.25) is 89.2 Å². The van der Waals surface area contributed by atoms with Crippen molar-refractivity contribution in [2.24, 2.45) is 0 Å². The molecule has 0 aliphatic heterocycles. The molecule has 0 atom stereocenters. The molecule has 5 heterocycles. The molecule has 8 aromatic carbocycles. The van der Waals surface area contributed by atoms with Crippen LogP contribution in [0.1, 0.15) is 55.4 Å². The van der Waals surface area contributed by atoms with Crippen LogP contribution in [0, 0.1) is 0 Å². The smallest absolute Gasteiger partial charge is 0.233 e. The van der Waals surface area contributed by atoms with Gasteiger partial charge in [-0.15, -0.1) is 0 Å². The third-order valence-electron chi connectivity index (χ3n) is 18.3. The fourth-order valence-electron chi connectivity index (χ4n) is 8.84. The van der Waals surface area contributed by atoms with Crippen LogP contribution < -0.4 is 75.2 Å². The van der Waals surface area contributed by atoms with Gasteiger partial charge in [0, 0.05) is 151 Å². The van der Waals surface area contributed by atoms with Gasteiger partial charge in [0.25, 0.3) is 0 Å². The van der Waals surface area contributed by atoms with Crippen molar-refractivity contribution in [2.75, 3.05) is 253 Å². The molecule has 0 bridgehead atoms. The SMILES string of the molecule is CCN(C)c1nc(N(C)CC)nc(N(C)CC)n1.CCN(C)c1nc(N(C)CC)nc(N(C)CO)n1.CCN(C)c1nc(N(C)CO)nc(N(C)CO)n1.CCN(C)c1nc(N)nc(N(C)CO)n1.CCN(C)c1nc(NC)nc(NC)n1.Oc1ccccc1.Oc1ccccc1.Oc1ccccc1.Oc1ccccc1.Oc1ccccc1.Oc1ccccc1.Oc1ccccc1.Oc1ccccc1. The Kier molecular flexibility index (Phi) is 62.4. The van der Waals surface area contributed by atoms with Gasteiger partial charge < -0.3 is 136 Å². The van der Waals surface area contributed by atoms with Crippen molar-refractivity contribution in [3.8, 4) is 46.0 Å². The zero-order valence-corrected chi connectivity index (χ0v) is 84.1. The van der Waals surface area contributed by atoms with E-state index in [0.717, 1.165) is 70.2 Å². The predicted octanol–water partition coefficient (Wildman–Crippen LogP) is 11.4. The lowest BCUT2D eigenvalue weighted by Crippen LogP contribution is -2.28. The lowest BCUT2D eigenvalue weighted by Gasteiger charge is -2.22. The number of nitrogens with two attached hydrogens (primary N) is 1. The summed E-state index contributed by atoms with van der Waals surface area (Å²) in [6, 6.07) is 69.7. The van der Waals surface area contributed by atoms with E-state index in [9.17, 15) is 0 Å². The van der Waals surface area contributed by atoms with Gasteiger partial charge in [0.05, 0.1) is 0 Å². The van der Waals surface area contributed by atoms with Crippen molar-refractivity contribution in [1.29, 1.82) is 0 Å². The molecule has 42 nitrogen and oxygen atoms in total. The zero-order chi connectivity index (χ0) is 104. The van der Waals surface area contributed by atoms with Crippen molar-refractivity contribution >= 4 is 89.2 Å². The Balaban J connectivity index is 0.000000767. The van der Waals surface area contributed by atoms with Crippen molar-refractivity contribution < 1.29 is 61.3 Å². The van der Waals surface area contributed by atoms with Crippen LogP contribution in [0.3, 0.4) is 0 Å². The molecule has 13 aromatic rings. The van der Waals surface area contributed by atoms with Gasteiger partial charge in [0.15, 0.2) is 0 Å². The van der Waals surface area contributed by atoms with Gasteiger partial charge in [-0.3, -0.25) is 0 Å². The summed E-state index contributed by atoms with van der Waals surface area (Å²) >= 11 is 0. The first-order chi connectivity index (χ1) is 66.5. The average Bonchev–Trinajstić information content (AvgIpc) is 0.831. The second-order valence-corrected chi connectivity index (χ2v) is 28.9. The number of hydrogen-bond acceptors (Lipinski definition) is 42. The van der Waals surface area contributed by atoms with Crippen LogP contribution in [0.2, 0.25) is 0 Å². The molecule has 0 aliphatic carbocycles. The summed E-state index contributed by atoms with van der Waals surface area (Å²) in [5, 5.41) is 111. The van der Waals surface area contributed by atoms with Crippen LogP contribution in [0.15, 0.2) is 243 Å². The number of aromatic nitrogens is 15. The number of benzene rings is 8. The van der Waals surface area contributed by atoms with Gasteiger partial charge in [-0.25, -0.2) is 0 Å². The van der Waals surface area contributed by atoms with Crippen molar-refractivity contribution in [2.45, 2.75) is 55.4 Å². The topological polar surface area (TPSA) is 525 Å². The molecule has 0 aliphatic rings. The molecule has 16 N–H and O–H groups in total. The van der Waals surface area contributed by atoms with Crippen LogP contribution in [0.4, 0.5) is 89.2 Å². The number of nitrogens with one attached hydrogen (secondary N) is 2. The normalized spacial score (nSPS) is 9.54. The molecule has 13 rings (SSSR count). The maximum absolute atomic E-state index is 9.16. The van der Waals surface area contributed by atoms with Gasteiger partial charge in [-0.2, -0.15) is 74.8 Å². The van der Waals surface area contributed by atoms with E-state index in [2.05, 4.69) is 106 Å². The second kappa shape index (κ2) is 71.6. The third-order valence-corrected chi connectivity index (χ3v) is 18.3. The van der Waals surface area contributed by atoms with E-state index < -0.39 is 0 Å². The minimum Gasteiger partial charge on any atom is -0.508 e. The first-order valence-electron chi connectivity index (χ1n) is 44.3. The number of phenols is 8. The molecule has 0 radical (unpaired) electrons. The minimum atomic E-state index is -0.193. The molecular formula is C97H146N30O12. The number of aliphatic hydroxyl groups excluding tert-OH is 4. The number of nitrogen functional groups attached to an aromatic ring is 1. The molecule has 0 saturated heterocycles. The number of nitrogens with zero attached hydrogens (tertiary/aromatic N) is 27. The van der Waals surface area contributed by atoms with E-state index >= 15 is 0 Å². The summed E-state index contributed by atoms with van der Waals surface area (Å²) in [5.41, 5.74) is 5.55. The minimum absolute atomic E-state index is 0.130. The molecule has 756 valence electrons. The first-order valence-corrected chi connectivity index (χ1v) is 44.3. The summed E-state index contributed by atoms with van der Waals surface area (Å²) in [5.74, 6) is 10.5. The van der Waals surface area contributed by atoms with E-state index in [-0.39, 0.29) is 32.9 Å². The van der Waals surface area contributed by atoms with E-state index in [1.165, 1.54) is 14.7 Å².